The molecule has 5 nitrogen and oxygen atoms in total. The molecular weight excluding hydrogens is 240 g/mol. The van der Waals surface area contributed by atoms with Crippen LogP contribution in [0.25, 0.3) is 0 Å². The van der Waals surface area contributed by atoms with Crippen molar-refractivity contribution < 1.29 is 4.79 Å². The number of nitrogens with zero attached hydrogens (tertiary/aromatic N) is 3. The van der Waals surface area contributed by atoms with Crippen molar-refractivity contribution in [1.82, 2.24) is 14.8 Å². The first kappa shape index (κ1) is 11.6. The smallest absolute Gasteiger partial charge is 0.226 e. The fourth-order valence-electron chi connectivity index (χ4n) is 1.35. The van der Waals surface area contributed by atoms with E-state index in [1.807, 2.05) is 12.3 Å². The van der Waals surface area contributed by atoms with Gasteiger partial charge < -0.3 is 5.32 Å². The maximum atomic E-state index is 11.6. The van der Waals surface area contributed by atoms with Crippen LogP contribution < -0.4 is 5.32 Å². The standard InChI is InChI=1S/C11H11ClN4O/c12-10-8-9(2-5-13-10)15-11(17)3-7-16-6-1-4-14-16/h1-2,4-6,8H,3,7H2,(H,13,15,17). The molecule has 2 heterocycles. The number of amides is 1. The van der Waals surface area contributed by atoms with Crippen molar-refractivity contribution in [2.75, 3.05) is 5.32 Å². The van der Waals surface area contributed by atoms with E-state index in [0.29, 0.717) is 23.8 Å². The molecule has 2 aromatic rings. The summed E-state index contributed by atoms with van der Waals surface area (Å²) < 4.78 is 1.71. The summed E-state index contributed by atoms with van der Waals surface area (Å²) in [4.78, 5) is 15.4. The number of aromatic nitrogens is 3. The highest BCUT2D eigenvalue weighted by atomic mass is 35.5. The summed E-state index contributed by atoms with van der Waals surface area (Å²) in [5.74, 6) is -0.0808. The van der Waals surface area contributed by atoms with Gasteiger partial charge in [-0.15, -0.1) is 0 Å². The minimum Gasteiger partial charge on any atom is -0.326 e. The molecule has 2 aromatic heterocycles. The fourth-order valence-corrected chi connectivity index (χ4v) is 1.53. The van der Waals surface area contributed by atoms with Gasteiger partial charge in [-0.3, -0.25) is 9.48 Å². The molecule has 0 fully saturated rings. The molecule has 0 bridgehead atoms. The Morgan fingerprint density at radius 1 is 1.47 bits per heavy atom. The summed E-state index contributed by atoms with van der Waals surface area (Å²) in [7, 11) is 0. The van der Waals surface area contributed by atoms with Gasteiger partial charge in [0.25, 0.3) is 0 Å². The van der Waals surface area contributed by atoms with Crippen LogP contribution in [0.15, 0.2) is 36.8 Å². The van der Waals surface area contributed by atoms with Crippen LogP contribution in [0.5, 0.6) is 0 Å². The van der Waals surface area contributed by atoms with E-state index in [1.54, 1.807) is 29.2 Å². The Kier molecular flexibility index (Phi) is 3.72. The zero-order chi connectivity index (χ0) is 12.1. The van der Waals surface area contributed by atoms with Crippen molar-refractivity contribution in [3.8, 4) is 0 Å². The molecule has 17 heavy (non-hydrogen) atoms. The molecule has 1 amide bonds. The lowest BCUT2D eigenvalue weighted by Crippen LogP contribution is -2.14. The zero-order valence-corrected chi connectivity index (χ0v) is 9.76. The molecule has 1 N–H and O–H groups in total. The summed E-state index contributed by atoms with van der Waals surface area (Å²) in [6, 6.07) is 5.12. The number of hydrogen-bond acceptors (Lipinski definition) is 3. The summed E-state index contributed by atoms with van der Waals surface area (Å²) in [6.07, 6.45) is 5.41. The number of aryl methyl sites for hydroxylation is 1. The Morgan fingerprint density at radius 2 is 2.35 bits per heavy atom. The molecule has 0 saturated carbocycles. The van der Waals surface area contributed by atoms with Gasteiger partial charge in [-0.25, -0.2) is 4.98 Å². The van der Waals surface area contributed by atoms with Gasteiger partial charge in [-0.2, -0.15) is 5.10 Å². The van der Waals surface area contributed by atoms with Crippen LogP contribution in [0, 0.1) is 0 Å². The van der Waals surface area contributed by atoms with E-state index in [-0.39, 0.29) is 5.91 Å². The number of carbonyl (C=O) groups is 1. The summed E-state index contributed by atoms with van der Waals surface area (Å²) in [5.41, 5.74) is 0.649. The summed E-state index contributed by atoms with van der Waals surface area (Å²) in [5, 5.41) is 7.11. The molecule has 0 aromatic carbocycles. The molecule has 0 aliphatic carbocycles. The van der Waals surface area contributed by atoms with E-state index < -0.39 is 0 Å². The molecule has 0 spiro atoms. The highest BCUT2D eigenvalue weighted by molar-refractivity contribution is 6.29. The van der Waals surface area contributed by atoms with E-state index >= 15 is 0 Å². The summed E-state index contributed by atoms with van der Waals surface area (Å²) >= 11 is 5.71. The van der Waals surface area contributed by atoms with Gasteiger partial charge in [0.2, 0.25) is 5.91 Å². The predicted molar refractivity (Wildman–Crippen MR) is 64.7 cm³/mol. The Morgan fingerprint density at radius 3 is 3.06 bits per heavy atom. The van der Waals surface area contributed by atoms with Crippen LogP contribution in [-0.4, -0.2) is 20.7 Å². The van der Waals surface area contributed by atoms with E-state index in [4.69, 9.17) is 11.6 Å². The van der Waals surface area contributed by atoms with Crippen LogP contribution in [-0.2, 0) is 11.3 Å². The van der Waals surface area contributed by atoms with Gasteiger partial charge in [0.1, 0.15) is 5.15 Å². The lowest BCUT2D eigenvalue weighted by Gasteiger charge is -2.05. The first-order valence-corrected chi connectivity index (χ1v) is 5.51. The minimum atomic E-state index is -0.0808. The second-order valence-corrected chi connectivity index (χ2v) is 3.82. The van der Waals surface area contributed by atoms with E-state index in [1.165, 1.54) is 0 Å². The van der Waals surface area contributed by atoms with Gasteiger partial charge in [-0.1, -0.05) is 11.6 Å². The highest BCUT2D eigenvalue weighted by Crippen LogP contribution is 2.12. The van der Waals surface area contributed by atoms with Crippen molar-refractivity contribution in [2.24, 2.45) is 0 Å². The van der Waals surface area contributed by atoms with Crippen LogP contribution in [0.1, 0.15) is 6.42 Å². The summed E-state index contributed by atoms with van der Waals surface area (Å²) in [6.45, 7) is 0.553. The normalized spacial score (nSPS) is 10.2. The largest absolute Gasteiger partial charge is 0.326 e. The molecule has 0 radical (unpaired) electrons. The van der Waals surface area contributed by atoms with Gasteiger partial charge >= 0.3 is 0 Å². The molecule has 6 heteroatoms. The molecule has 0 unspecified atom stereocenters. The maximum Gasteiger partial charge on any atom is 0.226 e. The third-order valence-electron chi connectivity index (χ3n) is 2.14. The van der Waals surface area contributed by atoms with Crippen molar-refractivity contribution in [3.05, 3.63) is 41.9 Å². The zero-order valence-electron chi connectivity index (χ0n) is 9.01. The number of anilines is 1. The number of nitrogens with one attached hydrogen (secondary N) is 1. The molecule has 0 saturated heterocycles. The van der Waals surface area contributed by atoms with Crippen LogP contribution >= 0.6 is 11.6 Å². The topological polar surface area (TPSA) is 59.8 Å². The number of carbonyl (C=O) groups excluding carboxylic acids is 1. The third kappa shape index (κ3) is 3.57. The van der Waals surface area contributed by atoms with Crippen LogP contribution in [0.2, 0.25) is 5.15 Å². The van der Waals surface area contributed by atoms with Gasteiger partial charge in [-0.05, 0) is 18.2 Å². The Balaban J connectivity index is 1.85. The third-order valence-corrected chi connectivity index (χ3v) is 2.34. The molecule has 0 aliphatic rings. The maximum absolute atomic E-state index is 11.6. The molecule has 2 rings (SSSR count). The molecule has 0 atom stereocenters. The molecule has 88 valence electrons. The van der Waals surface area contributed by atoms with E-state index in [2.05, 4.69) is 15.4 Å². The van der Waals surface area contributed by atoms with Crippen molar-refractivity contribution >= 4 is 23.2 Å². The second kappa shape index (κ2) is 5.45. The average molecular weight is 251 g/mol. The number of rotatable bonds is 4. The fraction of sp³-hybridized carbons (Fsp3) is 0.182. The van der Waals surface area contributed by atoms with Crippen molar-refractivity contribution in [3.63, 3.8) is 0 Å². The van der Waals surface area contributed by atoms with Crippen molar-refractivity contribution in [1.29, 1.82) is 0 Å². The average Bonchev–Trinajstić information content (AvgIpc) is 2.79. The monoisotopic (exact) mass is 250 g/mol. The Hall–Kier alpha value is -1.88. The Bertz CT molecular complexity index is 498. The Labute approximate surface area is 103 Å². The minimum absolute atomic E-state index is 0.0808. The van der Waals surface area contributed by atoms with Gasteiger partial charge in [0, 0.05) is 37.2 Å². The first-order valence-electron chi connectivity index (χ1n) is 5.13. The lowest BCUT2D eigenvalue weighted by molar-refractivity contribution is -0.116. The SMILES string of the molecule is O=C(CCn1cccn1)Nc1ccnc(Cl)c1. The van der Waals surface area contributed by atoms with Gasteiger partial charge in [0.15, 0.2) is 0 Å². The van der Waals surface area contributed by atoms with E-state index in [0.717, 1.165) is 0 Å². The van der Waals surface area contributed by atoms with Crippen molar-refractivity contribution in [2.45, 2.75) is 13.0 Å². The van der Waals surface area contributed by atoms with E-state index in [9.17, 15) is 4.79 Å². The quantitative estimate of drug-likeness (QED) is 0.844. The highest BCUT2D eigenvalue weighted by Gasteiger charge is 2.03. The molecular formula is C11H11ClN4O. The predicted octanol–water partition coefficient (Wildman–Crippen LogP) is 1.96. The van der Waals surface area contributed by atoms with Gasteiger partial charge in [0.05, 0.1) is 0 Å². The van der Waals surface area contributed by atoms with Crippen LogP contribution in [0.4, 0.5) is 5.69 Å². The molecule has 0 aliphatic heterocycles. The lowest BCUT2D eigenvalue weighted by atomic mass is 10.3. The second-order valence-electron chi connectivity index (χ2n) is 3.43. The number of hydrogen-bond donors (Lipinski definition) is 1. The number of halogens is 1. The first-order chi connectivity index (χ1) is 8.24. The van der Waals surface area contributed by atoms with Crippen LogP contribution in [0.3, 0.4) is 0 Å². The number of pyridine rings is 1.